The van der Waals surface area contributed by atoms with Crippen molar-refractivity contribution in [3.05, 3.63) is 40.5 Å². The number of carbonyl (C=O) groups is 1. The normalized spacial score (nSPS) is 16.3. The lowest BCUT2D eigenvalue weighted by molar-refractivity contribution is 0.0917. The van der Waals surface area contributed by atoms with E-state index in [0.29, 0.717) is 5.69 Å². The quantitative estimate of drug-likeness (QED) is 0.771. The fraction of sp³-hybridized carbons (Fsp3) is 0.333. The van der Waals surface area contributed by atoms with E-state index in [4.69, 9.17) is 0 Å². The number of Topliss-reactive ketones (excluding diaryl/α,β-unsaturated/α-hetero) is 1. The van der Waals surface area contributed by atoms with E-state index in [1.165, 1.54) is 12.8 Å². The summed E-state index contributed by atoms with van der Waals surface area (Å²) in [5, 5.41) is 1.06. The molecule has 1 heterocycles. The summed E-state index contributed by atoms with van der Waals surface area (Å²) >= 11 is 3.48. The van der Waals surface area contributed by atoms with Crippen LogP contribution in [-0.4, -0.2) is 10.8 Å². The minimum absolute atomic E-state index is 0.176. The molecule has 92 valence electrons. The van der Waals surface area contributed by atoms with Gasteiger partial charge in [0.2, 0.25) is 0 Å². The van der Waals surface area contributed by atoms with Crippen LogP contribution in [0.3, 0.4) is 0 Å². The first-order valence-corrected chi connectivity index (χ1v) is 7.14. The Morgan fingerprint density at radius 2 is 1.94 bits per heavy atom. The molecule has 0 unspecified atom stereocenters. The van der Waals surface area contributed by atoms with Crippen molar-refractivity contribution in [2.24, 2.45) is 5.92 Å². The van der Waals surface area contributed by atoms with E-state index in [0.717, 1.165) is 28.2 Å². The molecule has 18 heavy (non-hydrogen) atoms. The summed E-state index contributed by atoms with van der Waals surface area (Å²) < 4.78 is 0.818. The molecular formula is C15H14BrNO. The van der Waals surface area contributed by atoms with E-state index in [2.05, 4.69) is 20.9 Å². The number of ketones is 1. The van der Waals surface area contributed by atoms with Gasteiger partial charge in [-0.1, -0.05) is 31.0 Å². The van der Waals surface area contributed by atoms with E-state index in [-0.39, 0.29) is 11.7 Å². The second kappa shape index (κ2) is 4.81. The zero-order valence-corrected chi connectivity index (χ0v) is 11.6. The average Bonchev–Trinajstić information content (AvgIpc) is 2.91. The minimum Gasteiger partial charge on any atom is -0.292 e. The lowest BCUT2D eigenvalue weighted by Gasteiger charge is -2.09. The highest BCUT2D eigenvalue weighted by atomic mass is 79.9. The molecule has 0 atom stereocenters. The van der Waals surface area contributed by atoms with Crippen molar-refractivity contribution in [1.29, 1.82) is 0 Å². The zero-order valence-electron chi connectivity index (χ0n) is 10.0. The van der Waals surface area contributed by atoms with Gasteiger partial charge in [-0.2, -0.15) is 0 Å². The van der Waals surface area contributed by atoms with E-state index < -0.39 is 0 Å². The Morgan fingerprint density at radius 3 is 2.72 bits per heavy atom. The van der Waals surface area contributed by atoms with Crippen molar-refractivity contribution >= 4 is 32.6 Å². The summed E-state index contributed by atoms with van der Waals surface area (Å²) in [6.45, 7) is 0. The standard InChI is InChI=1S/C15H14BrNO/c16-12-9-11-7-3-4-8-13(11)17-14(12)15(18)10-5-1-2-6-10/h3-4,7-10H,1-2,5-6H2. The van der Waals surface area contributed by atoms with Gasteiger partial charge < -0.3 is 0 Å². The van der Waals surface area contributed by atoms with Crippen LogP contribution >= 0.6 is 15.9 Å². The second-order valence-corrected chi connectivity index (χ2v) is 5.71. The highest BCUT2D eigenvalue weighted by molar-refractivity contribution is 9.10. The lowest BCUT2D eigenvalue weighted by atomic mass is 9.99. The van der Waals surface area contributed by atoms with Crippen molar-refractivity contribution in [3.63, 3.8) is 0 Å². The molecule has 1 aromatic heterocycles. The van der Waals surface area contributed by atoms with E-state index >= 15 is 0 Å². The SMILES string of the molecule is O=C(c1nc2ccccc2cc1Br)C1CCCC1. The number of para-hydroxylation sites is 1. The molecule has 3 heteroatoms. The van der Waals surface area contributed by atoms with Gasteiger partial charge in [-0.3, -0.25) is 4.79 Å². The number of halogens is 1. The molecule has 1 aliphatic carbocycles. The summed E-state index contributed by atoms with van der Waals surface area (Å²) in [4.78, 5) is 16.9. The third kappa shape index (κ3) is 2.07. The molecule has 2 aromatic rings. The zero-order chi connectivity index (χ0) is 12.5. The number of fused-ring (bicyclic) bond motifs is 1. The summed E-state index contributed by atoms with van der Waals surface area (Å²) in [5.41, 5.74) is 1.49. The molecule has 0 bridgehead atoms. The molecule has 0 N–H and O–H groups in total. The number of benzene rings is 1. The molecule has 1 aliphatic rings. The smallest absolute Gasteiger partial charge is 0.185 e. The third-order valence-electron chi connectivity index (χ3n) is 3.64. The lowest BCUT2D eigenvalue weighted by Crippen LogP contribution is -2.13. The topological polar surface area (TPSA) is 30.0 Å². The average molecular weight is 304 g/mol. The predicted molar refractivity (Wildman–Crippen MR) is 75.7 cm³/mol. The van der Waals surface area contributed by atoms with Crippen LogP contribution < -0.4 is 0 Å². The summed E-state index contributed by atoms with van der Waals surface area (Å²) in [7, 11) is 0. The van der Waals surface area contributed by atoms with Crippen molar-refractivity contribution in [1.82, 2.24) is 4.98 Å². The first-order chi connectivity index (χ1) is 8.75. The highest BCUT2D eigenvalue weighted by Gasteiger charge is 2.26. The van der Waals surface area contributed by atoms with Gasteiger partial charge >= 0.3 is 0 Å². The Hall–Kier alpha value is -1.22. The van der Waals surface area contributed by atoms with Crippen molar-refractivity contribution < 1.29 is 4.79 Å². The van der Waals surface area contributed by atoms with E-state index in [9.17, 15) is 4.79 Å². The number of carbonyl (C=O) groups excluding carboxylic acids is 1. The summed E-state index contributed by atoms with van der Waals surface area (Å²) in [5.74, 6) is 0.375. The van der Waals surface area contributed by atoms with Crippen LogP contribution in [0.2, 0.25) is 0 Å². The van der Waals surface area contributed by atoms with Crippen LogP contribution in [0.15, 0.2) is 34.8 Å². The number of nitrogens with zero attached hydrogens (tertiary/aromatic N) is 1. The van der Waals surface area contributed by atoms with Crippen molar-refractivity contribution in [2.45, 2.75) is 25.7 Å². The van der Waals surface area contributed by atoms with Crippen LogP contribution in [-0.2, 0) is 0 Å². The molecule has 0 saturated heterocycles. The molecule has 1 saturated carbocycles. The maximum Gasteiger partial charge on any atom is 0.185 e. The maximum atomic E-state index is 12.4. The van der Waals surface area contributed by atoms with Gasteiger partial charge in [-0.05, 0) is 40.9 Å². The summed E-state index contributed by atoms with van der Waals surface area (Å²) in [6.07, 6.45) is 4.36. The van der Waals surface area contributed by atoms with Gasteiger partial charge in [0, 0.05) is 15.8 Å². The number of rotatable bonds is 2. The number of hydrogen-bond acceptors (Lipinski definition) is 2. The van der Waals surface area contributed by atoms with Gasteiger partial charge in [0.05, 0.1) is 5.52 Å². The number of hydrogen-bond donors (Lipinski definition) is 0. The first kappa shape index (κ1) is 11.8. The molecule has 0 radical (unpaired) electrons. The Kier molecular flexibility index (Phi) is 3.16. The maximum absolute atomic E-state index is 12.4. The van der Waals surface area contributed by atoms with Crippen LogP contribution in [0.4, 0.5) is 0 Å². The fourth-order valence-corrected chi connectivity index (χ4v) is 3.17. The van der Waals surface area contributed by atoms with Gasteiger partial charge in [0.15, 0.2) is 5.78 Å². The molecular weight excluding hydrogens is 290 g/mol. The van der Waals surface area contributed by atoms with E-state index in [1.54, 1.807) is 0 Å². The first-order valence-electron chi connectivity index (χ1n) is 6.35. The van der Waals surface area contributed by atoms with Crippen LogP contribution in [0, 0.1) is 5.92 Å². The van der Waals surface area contributed by atoms with E-state index in [1.807, 2.05) is 30.3 Å². The molecule has 1 fully saturated rings. The van der Waals surface area contributed by atoms with Gasteiger partial charge in [0.25, 0.3) is 0 Å². The van der Waals surface area contributed by atoms with Gasteiger partial charge in [0.1, 0.15) is 5.69 Å². The fourth-order valence-electron chi connectivity index (χ4n) is 2.64. The van der Waals surface area contributed by atoms with Crippen LogP contribution in [0.25, 0.3) is 10.9 Å². The molecule has 3 rings (SSSR count). The van der Waals surface area contributed by atoms with Gasteiger partial charge in [-0.25, -0.2) is 4.98 Å². The van der Waals surface area contributed by atoms with Gasteiger partial charge in [-0.15, -0.1) is 0 Å². The Balaban J connectivity index is 2.05. The van der Waals surface area contributed by atoms with Crippen molar-refractivity contribution in [3.8, 4) is 0 Å². The minimum atomic E-state index is 0.176. The molecule has 2 nitrogen and oxygen atoms in total. The van der Waals surface area contributed by atoms with Crippen LogP contribution in [0.1, 0.15) is 36.2 Å². The Bertz CT molecular complexity index is 602. The van der Waals surface area contributed by atoms with Crippen molar-refractivity contribution in [2.75, 3.05) is 0 Å². The Labute approximate surface area is 115 Å². The third-order valence-corrected chi connectivity index (χ3v) is 4.24. The largest absolute Gasteiger partial charge is 0.292 e. The summed E-state index contributed by atoms with van der Waals surface area (Å²) in [6, 6.07) is 9.89. The number of aromatic nitrogens is 1. The highest BCUT2D eigenvalue weighted by Crippen LogP contribution is 2.30. The van der Waals surface area contributed by atoms with Crippen LogP contribution in [0.5, 0.6) is 0 Å². The molecule has 1 aromatic carbocycles. The molecule has 0 aliphatic heterocycles. The Morgan fingerprint density at radius 1 is 1.22 bits per heavy atom. The molecule has 0 spiro atoms. The monoisotopic (exact) mass is 303 g/mol. The predicted octanol–water partition coefficient (Wildman–Crippen LogP) is 4.37. The molecule has 0 amide bonds. The number of pyridine rings is 1. The second-order valence-electron chi connectivity index (χ2n) is 4.86.